The molecule has 0 aliphatic carbocycles. The number of carbonyl (C=O) groups is 1. The third-order valence-electron chi connectivity index (χ3n) is 4.23. The largest absolute Gasteiger partial charge is 0.397 e. The highest BCUT2D eigenvalue weighted by atomic mass is 32.1. The van der Waals surface area contributed by atoms with Crippen LogP contribution in [0, 0.1) is 26.6 Å². The van der Waals surface area contributed by atoms with E-state index >= 15 is 0 Å². The van der Waals surface area contributed by atoms with Gasteiger partial charge in [0.1, 0.15) is 27.2 Å². The second-order valence-corrected chi connectivity index (χ2v) is 7.39. The van der Waals surface area contributed by atoms with E-state index in [1.165, 1.54) is 23.5 Å². The Morgan fingerprint density at radius 2 is 1.89 bits per heavy atom. The quantitative estimate of drug-likeness (QED) is 0.549. The summed E-state index contributed by atoms with van der Waals surface area (Å²) in [6.07, 6.45) is 0. The third kappa shape index (κ3) is 3.09. The summed E-state index contributed by atoms with van der Waals surface area (Å²) >= 11 is 1.22. The normalized spacial score (nSPS) is 11.1. The average Bonchev–Trinajstić information content (AvgIpc) is 3.15. The zero-order valence-corrected chi connectivity index (χ0v) is 16.3. The molecule has 3 aromatic heterocycles. The van der Waals surface area contributed by atoms with E-state index in [0.29, 0.717) is 43.8 Å². The van der Waals surface area contributed by atoms with Crippen LogP contribution in [0.1, 0.15) is 26.9 Å². The van der Waals surface area contributed by atoms with Gasteiger partial charge in [-0.1, -0.05) is 0 Å². The zero-order valence-electron chi connectivity index (χ0n) is 15.4. The molecule has 0 radical (unpaired) electrons. The highest BCUT2D eigenvalue weighted by Gasteiger charge is 2.21. The Labute approximate surface area is 164 Å². The van der Waals surface area contributed by atoms with Crippen molar-refractivity contribution in [1.29, 1.82) is 0 Å². The number of fused-ring (bicyclic) bond motifs is 1. The van der Waals surface area contributed by atoms with E-state index in [1.54, 1.807) is 29.8 Å². The van der Waals surface area contributed by atoms with Crippen molar-refractivity contribution >= 4 is 39.0 Å². The van der Waals surface area contributed by atoms with Crippen LogP contribution >= 0.6 is 11.3 Å². The van der Waals surface area contributed by atoms with Crippen molar-refractivity contribution in [1.82, 2.24) is 19.7 Å². The van der Waals surface area contributed by atoms with Crippen LogP contribution in [0.4, 0.5) is 15.9 Å². The second kappa shape index (κ2) is 6.68. The summed E-state index contributed by atoms with van der Waals surface area (Å²) in [7, 11) is 0. The van der Waals surface area contributed by atoms with Crippen LogP contribution in [-0.2, 0) is 0 Å². The van der Waals surface area contributed by atoms with Crippen molar-refractivity contribution in [3.05, 3.63) is 58.2 Å². The molecule has 0 bridgehead atoms. The van der Waals surface area contributed by atoms with Crippen molar-refractivity contribution < 1.29 is 9.18 Å². The molecular weight excluding hydrogens is 379 g/mol. The van der Waals surface area contributed by atoms with Crippen LogP contribution in [0.15, 0.2) is 30.3 Å². The van der Waals surface area contributed by atoms with Gasteiger partial charge < -0.3 is 11.1 Å². The Hall–Kier alpha value is -3.33. The smallest absolute Gasteiger partial charge is 0.269 e. The number of nitrogen functional groups attached to an aromatic ring is 1. The molecule has 9 heteroatoms. The number of hydrogen-bond acceptors (Lipinski definition) is 6. The summed E-state index contributed by atoms with van der Waals surface area (Å²) in [5, 5.41) is 7.92. The molecule has 1 aromatic carbocycles. The number of benzene rings is 1. The molecule has 0 spiro atoms. The van der Waals surface area contributed by atoms with Crippen molar-refractivity contribution in [2.24, 2.45) is 0 Å². The van der Waals surface area contributed by atoms with E-state index in [1.807, 2.05) is 13.8 Å². The number of carbonyl (C=O) groups excluding carboxylic acids is 1. The van der Waals surface area contributed by atoms with Crippen LogP contribution in [0.25, 0.3) is 15.9 Å². The van der Waals surface area contributed by atoms with Crippen LogP contribution in [0.3, 0.4) is 0 Å². The number of amides is 1. The molecule has 142 valence electrons. The fourth-order valence-electron chi connectivity index (χ4n) is 3.04. The van der Waals surface area contributed by atoms with Gasteiger partial charge in [0.2, 0.25) is 0 Å². The molecule has 0 aliphatic rings. The van der Waals surface area contributed by atoms with Gasteiger partial charge in [-0.2, -0.15) is 5.10 Å². The standard InChI is InChI=1S/C19H17FN6OS/c1-9-8-14(26(25-9)13-6-4-12(20)5-7-13)24-18(27)17-16(21)15-10(2)22-11(3)23-19(15)28-17/h4-8H,21H2,1-3H3,(H,24,27). The first kappa shape index (κ1) is 18.1. The number of nitrogens with two attached hydrogens (primary N) is 1. The Balaban J connectivity index is 1.72. The predicted molar refractivity (Wildman–Crippen MR) is 108 cm³/mol. The minimum absolute atomic E-state index is 0.344. The number of nitrogens with zero attached hydrogens (tertiary/aromatic N) is 4. The van der Waals surface area contributed by atoms with Crippen LogP contribution < -0.4 is 11.1 Å². The average molecular weight is 396 g/mol. The maximum absolute atomic E-state index is 13.2. The number of rotatable bonds is 3. The lowest BCUT2D eigenvalue weighted by atomic mass is 10.2. The van der Waals surface area contributed by atoms with Gasteiger partial charge in [0.05, 0.1) is 28.1 Å². The highest BCUT2D eigenvalue weighted by Crippen LogP contribution is 2.34. The van der Waals surface area contributed by atoms with Crippen molar-refractivity contribution in [2.45, 2.75) is 20.8 Å². The lowest BCUT2D eigenvalue weighted by Crippen LogP contribution is -2.15. The summed E-state index contributed by atoms with van der Waals surface area (Å²) < 4.78 is 14.8. The van der Waals surface area contributed by atoms with E-state index in [0.717, 1.165) is 5.69 Å². The molecule has 1 amide bonds. The van der Waals surface area contributed by atoms with E-state index in [9.17, 15) is 9.18 Å². The van der Waals surface area contributed by atoms with Crippen molar-refractivity contribution in [2.75, 3.05) is 11.1 Å². The fourth-order valence-corrected chi connectivity index (χ4v) is 4.13. The molecule has 0 fully saturated rings. The summed E-state index contributed by atoms with van der Waals surface area (Å²) in [5.41, 5.74) is 8.66. The summed E-state index contributed by atoms with van der Waals surface area (Å²) in [6.45, 7) is 5.45. The van der Waals surface area contributed by atoms with Crippen LogP contribution in [-0.4, -0.2) is 25.7 Å². The van der Waals surface area contributed by atoms with E-state index in [2.05, 4.69) is 20.4 Å². The van der Waals surface area contributed by atoms with Gasteiger partial charge >= 0.3 is 0 Å². The SMILES string of the molecule is Cc1cc(NC(=O)c2sc3nc(C)nc(C)c3c2N)n(-c2ccc(F)cc2)n1. The maximum Gasteiger partial charge on any atom is 0.269 e. The molecule has 4 rings (SSSR count). The first-order valence-electron chi connectivity index (χ1n) is 8.50. The molecule has 0 saturated carbocycles. The number of halogens is 1. The molecule has 3 N–H and O–H groups in total. The number of thiophene rings is 1. The van der Waals surface area contributed by atoms with Crippen LogP contribution in [0.5, 0.6) is 0 Å². The summed E-state index contributed by atoms with van der Waals surface area (Å²) in [5.74, 6) is 0.386. The van der Waals surface area contributed by atoms with Gasteiger partial charge in [-0.3, -0.25) is 4.79 Å². The van der Waals surface area contributed by atoms with Gasteiger partial charge in [-0.25, -0.2) is 19.0 Å². The first-order valence-corrected chi connectivity index (χ1v) is 9.32. The lowest BCUT2D eigenvalue weighted by molar-refractivity contribution is 0.103. The Kier molecular flexibility index (Phi) is 4.31. The summed E-state index contributed by atoms with van der Waals surface area (Å²) in [6, 6.07) is 7.59. The maximum atomic E-state index is 13.2. The molecule has 0 aliphatic heterocycles. The Morgan fingerprint density at radius 3 is 2.61 bits per heavy atom. The van der Waals surface area contributed by atoms with Gasteiger partial charge in [0.25, 0.3) is 5.91 Å². The molecule has 3 heterocycles. The van der Waals surface area contributed by atoms with E-state index < -0.39 is 0 Å². The van der Waals surface area contributed by atoms with Gasteiger partial charge in [0, 0.05) is 6.07 Å². The van der Waals surface area contributed by atoms with Gasteiger partial charge in [-0.15, -0.1) is 11.3 Å². The molecule has 7 nitrogen and oxygen atoms in total. The number of aromatic nitrogens is 4. The Morgan fingerprint density at radius 1 is 1.18 bits per heavy atom. The third-order valence-corrected chi connectivity index (χ3v) is 5.33. The van der Waals surface area contributed by atoms with Crippen molar-refractivity contribution in [3.63, 3.8) is 0 Å². The number of anilines is 2. The minimum atomic E-state index is -0.360. The number of nitrogens with one attached hydrogen (secondary N) is 1. The van der Waals surface area contributed by atoms with E-state index in [4.69, 9.17) is 5.73 Å². The lowest BCUT2D eigenvalue weighted by Gasteiger charge is -2.08. The monoisotopic (exact) mass is 396 g/mol. The molecular formula is C19H17FN6OS. The number of aryl methyl sites for hydroxylation is 3. The number of hydrogen-bond donors (Lipinski definition) is 2. The van der Waals surface area contributed by atoms with Gasteiger partial charge in [-0.05, 0) is 45.0 Å². The Bertz CT molecular complexity index is 1210. The molecule has 0 unspecified atom stereocenters. The minimum Gasteiger partial charge on any atom is -0.397 e. The molecule has 4 aromatic rings. The zero-order chi connectivity index (χ0) is 20.0. The fraction of sp³-hybridized carbons (Fsp3) is 0.158. The van der Waals surface area contributed by atoms with Gasteiger partial charge in [0.15, 0.2) is 0 Å². The molecule has 0 saturated heterocycles. The van der Waals surface area contributed by atoms with E-state index in [-0.39, 0.29) is 11.7 Å². The predicted octanol–water partition coefficient (Wildman–Crippen LogP) is 3.78. The highest BCUT2D eigenvalue weighted by molar-refractivity contribution is 7.21. The first-order chi connectivity index (χ1) is 13.3. The summed E-state index contributed by atoms with van der Waals surface area (Å²) in [4.78, 5) is 22.7. The van der Waals surface area contributed by atoms with Crippen molar-refractivity contribution in [3.8, 4) is 5.69 Å². The molecule has 0 atom stereocenters. The second-order valence-electron chi connectivity index (χ2n) is 6.39. The molecule has 28 heavy (non-hydrogen) atoms. The topological polar surface area (TPSA) is 98.7 Å². The van der Waals surface area contributed by atoms with Crippen LogP contribution in [0.2, 0.25) is 0 Å².